The van der Waals surface area contributed by atoms with Crippen molar-refractivity contribution in [1.82, 2.24) is 0 Å². The maximum absolute atomic E-state index is 13.1. The first-order valence-electron chi connectivity index (χ1n) is 9.50. The topological polar surface area (TPSA) is 76.0 Å². The van der Waals surface area contributed by atoms with E-state index in [0.717, 1.165) is 18.4 Å². The molecule has 2 fully saturated rings. The van der Waals surface area contributed by atoms with E-state index in [2.05, 4.69) is 13.8 Å². The number of hydrogen-bond acceptors (Lipinski definition) is 5. The highest BCUT2D eigenvalue weighted by Gasteiger charge is 2.70. The van der Waals surface area contributed by atoms with Crippen LogP contribution in [0.3, 0.4) is 0 Å². The van der Waals surface area contributed by atoms with E-state index in [1.54, 1.807) is 7.11 Å². The van der Waals surface area contributed by atoms with Crippen LogP contribution < -0.4 is 0 Å². The van der Waals surface area contributed by atoms with Gasteiger partial charge in [-0.3, -0.25) is 4.79 Å². The van der Waals surface area contributed by atoms with Crippen LogP contribution in [0.5, 0.6) is 11.5 Å². The van der Waals surface area contributed by atoms with Gasteiger partial charge in [-0.05, 0) is 35.8 Å². The van der Waals surface area contributed by atoms with E-state index in [4.69, 9.17) is 9.47 Å². The monoisotopic (exact) mass is 360 g/mol. The quantitative estimate of drug-likeness (QED) is 0.618. The van der Waals surface area contributed by atoms with Gasteiger partial charge in [0.05, 0.1) is 0 Å². The van der Waals surface area contributed by atoms with Crippen LogP contribution in [0, 0.1) is 11.3 Å². The number of phenolic OH excluding ortho intramolecular Hbond substituents is 2. The molecule has 1 aliphatic heterocycles. The normalized spacial score (nSPS) is 34.4. The Morgan fingerprint density at radius 2 is 1.92 bits per heavy atom. The van der Waals surface area contributed by atoms with Gasteiger partial charge in [0.15, 0.2) is 11.5 Å². The van der Waals surface area contributed by atoms with Crippen molar-refractivity contribution in [2.24, 2.45) is 11.3 Å². The van der Waals surface area contributed by atoms with Crippen LogP contribution in [-0.2, 0) is 19.7 Å². The molecule has 4 rings (SSSR count). The molecule has 3 aliphatic rings. The molecule has 1 aromatic rings. The van der Waals surface area contributed by atoms with Crippen molar-refractivity contribution in [3.05, 3.63) is 22.8 Å². The summed E-state index contributed by atoms with van der Waals surface area (Å²) in [4.78, 5) is 13.1. The number of rotatable bonds is 2. The number of carbonyl (C=O) groups excluding carboxylic acids is 1. The van der Waals surface area contributed by atoms with E-state index in [1.807, 2.05) is 19.9 Å². The van der Waals surface area contributed by atoms with Gasteiger partial charge in [0.25, 0.3) is 0 Å². The van der Waals surface area contributed by atoms with Gasteiger partial charge >= 0.3 is 5.97 Å². The Kier molecular flexibility index (Phi) is 3.65. The second kappa shape index (κ2) is 5.38. The predicted molar refractivity (Wildman–Crippen MR) is 96.3 cm³/mol. The van der Waals surface area contributed by atoms with Crippen LogP contribution in [0.15, 0.2) is 6.07 Å². The zero-order chi connectivity index (χ0) is 19.0. The van der Waals surface area contributed by atoms with Crippen molar-refractivity contribution in [3.8, 4) is 11.5 Å². The molecule has 5 heteroatoms. The molecule has 0 unspecified atom stereocenters. The lowest BCUT2D eigenvalue weighted by Gasteiger charge is -2.52. The average Bonchev–Trinajstić information content (AvgIpc) is 2.81. The molecule has 0 spiro atoms. The molecule has 0 amide bonds. The molecule has 4 atom stereocenters. The van der Waals surface area contributed by atoms with Crippen LogP contribution in [0.25, 0.3) is 0 Å². The molecule has 142 valence electrons. The fourth-order valence-corrected chi connectivity index (χ4v) is 5.94. The van der Waals surface area contributed by atoms with E-state index in [1.165, 1.54) is 0 Å². The Balaban J connectivity index is 2.08. The number of methoxy groups -OCH3 is 1. The van der Waals surface area contributed by atoms with Crippen molar-refractivity contribution in [2.45, 2.75) is 70.5 Å². The first kappa shape index (κ1) is 17.7. The molecule has 5 nitrogen and oxygen atoms in total. The molecule has 1 saturated carbocycles. The summed E-state index contributed by atoms with van der Waals surface area (Å²) in [5.74, 6) is -0.621. The SMILES string of the molecule is CO[C@H]1c2cc(C(C)C)c(O)c(O)c2[C@]23CCCC(C)(C)[C@@H]2[C@@H]1OC3=O. The largest absolute Gasteiger partial charge is 0.504 e. The van der Waals surface area contributed by atoms with Crippen LogP contribution >= 0.6 is 0 Å². The zero-order valence-electron chi connectivity index (χ0n) is 16.1. The Labute approximate surface area is 154 Å². The van der Waals surface area contributed by atoms with Gasteiger partial charge in [0.2, 0.25) is 0 Å². The molecule has 1 heterocycles. The van der Waals surface area contributed by atoms with Gasteiger partial charge < -0.3 is 19.7 Å². The lowest BCUT2D eigenvalue weighted by molar-refractivity contribution is -0.149. The van der Waals surface area contributed by atoms with Gasteiger partial charge in [-0.1, -0.05) is 34.1 Å². The summed E-state index contributed by atoms with van der Waals surface area (Å²) < 4.78 is 11.7. The summed E-state index contributed by atoms with van der Waals surface area (Å²) in [7, 11) is 1.61. The van der Waals surface area contributed by atoms with Crippen LogP contribution in [0.4, 0.5) is 0 Å². The van der Waals surface area contributed by atoms with Gasteiger partial charge in [-0.15, -0.1) is 0 Å². The lowest BCUT2D eigenvalue weighted by atomic mass is 9.49. The van der Waals surface area contributed by atoms with Crippen molar-refractivity contribution < 1.29 is 24.5 Å². The molecule has 2 aliphatic carbocycles. The molecule has 1 saturated heterocycles. The maximum atomic E-state index is 13.1. The molecule has 26 heavy (non-hydrogen) atoms. The molecular formula is C21H28O5. The Bertz CT molecular complexity index is 781. The number of esters is 1. The Morgan fingerprint density at radius 3 is 2.54 bits per heavy atom. The fraction of sp³-hybridized carbons (Fsp3) is 0.667. The maximum Gasteiger partial charge on any atom is 0.317 e. The summed E-state index contributed by atoms with van der Waals surface area (Å²) in [5.41, 5.74) is 0.968. The van der Waals surface area contributed by atoms with Crippen LogP contribution in [0.2, 0.25) is 0 Å². The van der Waals surface area contributed by atoms with Gasteiger partial charge in [0.1, 0.15) is 17.6 Å². The third kappa shape index (κ3) is 1.92. The molecule has 0 aromatic heterocycles. The standard InChI is InChI=1S/C21H28O5/c1-10(2)11-9-12-13(15(23)14(11)22)21-8-6-7-20(3,4)18(21)17(16(12)25-5)26-19(21)24/h9-10,16-18,22-23H,6-8H2,1-5H3/t16-,17+,18-,21+/m0/s1. The summed E-state index contributed by atoms with van der Waals surface area (Å²) in [6, 6.07) is 1.90. The first-order valence-corrected chi connectivity index (χ1v) is 9.50. The minimum absolute atomic E-state index is 0.0380. The minimum atomic E-state index is -0.895. The lowest BCUT2D eigenvalue weighted by Crippen LogP contribution is -2.54. The highest BCUT2D eigenvalue weighted by atomic mass is 16.6. The van der Waals surface area contributed by atoms with Crippen LogP contribution in [0.1, 0.15) is 75.7 Å². The van der Waals surface area contributed by atoms with E-state index >= 15 is 0 Å². The highest BCUT2D eigenvalue weighted by molar-refractivity contribution is 5.90. The second-order valence-electron chi connectivity index (χ2n) is 9.10. The minimum Gasteiger partial charge on any atom is -0.504 e. The van der Waals surface area contributed by atoms with E-state index < -0.39 is 11.5 Å². The van der Waals surface area contributed by atoms with Gasteiger partial charge in [-0.2, -0.15) is 0 Å². The number of hydrogen-bond donors (Lipinski definition) is 2. The molecule has 2 N–H and O–H groups in total. The number of aromatic hydroxyl groups is 2. The zero-order valence-corrected chi connectivity index (χ0v) is 16.1. The second-order valence-corrected chi connectivity index (χ2v) is 9.10. The number of benzene rings is 1. The number of carbonyl (C=O) groups is 1. The Morgan fingerprint density at radius 1 is 1.23 bits per heavy atom. The fourth-order valence-electron chi connectivity index (χ4n) is 5.94. The van der Waals surface area contributed by atoms with E-state index in [9.17, 15) is 15.0 Å². The van der Waals surface area contributed by atoms with Gasteiger partial charge in [-0.25, -0.2) is 0 Å². The van der Waals surface area contributed by atoms with Crippen molar-refractivity contribution in [1.29, 1.82) is 0 Å². The van der Waals surface area contributed by atoms with Gasteiger partial charge in [0, 0.05) is 24.2 Å². The van der Waals surface area contributed by atoms with Crippen molar-refractivity contribution in [3.63, 3.8) is 0 Å². The molecular weight excluding hydrogens is 332 g/mol. The third-order valence-electron chi connectivity index (χ3n) is 6.96. The Hall–Kier alpha value is -1.75. The van der Waals surface area contributed by atoms with Crippen LogP contribution in [-0.4, -0.2) is 29.4 Å². The van der Waals surface area contributed by atoms with Crippen molar-refractivity contribution in [2.75, 3.05) is 7.11 Å². The molecule has 1 aromatic carbocycles. The van der Waals surface area contributed by atoms with E-state index in [-0.39, 0.29) is 40.8 Å². The number of fused-ring (bicyclic) bond motifs is 1. The first-order chi connectivity index (χ1) is 12.2. The summed E-state index contributed by atoms with van der Waals surface area (Å²) >= 11 is 0. The highest BCUT2D eigenvalue weighted by Crippen LogP contribution is 2.67. The number of ether oxygens (including phenoxy) is 2. The average molecular weight is 360 g/mol. The third-order valence-corrected chi connectivity index (χ3v) is 6.96. The predicted octanol–water partition coefficient (Wildman–Crippen LogP) is 3.91. The molecule has 2 bridgehead atoms. The molecule has 0 radical (unpaired) electrons. The summed E-state index contributed by atoms with van der Waals surface area (Å²) in [5, 5.41) is 21.7. The number of phenols is 2. The summed E-state index contributed by atoms with van der Waals surface area (Å²) in [6.45, 7) is 8.26. The van der Waals surface area contributed by atoms with Crippen molar-refractivity contribution >= 4 is 5.97 Å². The smallest absolute Gasteiger partial charge is 0.317 e. The summed E-state index contributed by atoms with van der Waals surface area (Å²) in [6.07, 6.45) is 1.72. The van der Waals surface area contributed by atoms with E-state index in [0.29, 0.717) is 17.5 Å².